The Kier molecular flexibility index (Phi) is 6.67. The van der Waals surface area contributed by atoms with E-state index >= 15 is 0 Å². The summed E-state index contributed by atoms with van der Waals surface area (Å²) in [4.78, 5) is 0. The molecule has 0 saturated carbocycles. The maximum Gasteiger partial charge on any atom is 0.260 e. The highest BCUT2D eigenvalue weighted by atomic mass is 16.5. The van der Waals surface area contributed by atoms with Crippen molar-refractivity contribution in [3.63, 3.8) is 0 Å². The van der Waals surface area contributed by atoms with Gasteiger partial charge >= 0.3 is 0 Å². The molecule has 0 saturated heterocycles. The molecule has 0 bridgehead atoms. The first-order valence-electron chi connectivity index (χ1n) is 19.8. The number of aromatic nitrogens is 2. The Labute approximate surface area is 331 Å². The third kappa shape index (κ3) is 4.75. The first-order chi connectivity index (χ1) is 27.9. The topological polar surface area (TPSA) is 28.3 Å². The van der Waals surface area contributed by atoms with Crippen LogP contribution in [-0.2, 0) is 0 Å². The molecular formula is C52H37BN2O2. The zero-order chi connectivity index (χ0) is 38.1. The Balaban J connectivity index is 1.07. The summed E-state index contributed by atoms with van der Waals surface area (Å²) < 4.78 is 18.8. The largest absolute Gasteiger partial charge is 0.458 e. The fraction of sp³-hybridized carbons (Fsp3) is 0.0769. The molecule has 0 amide bonds. The summed E-state index contributed by atoms with van der Waals surface area (Å²) in [5, 5.41) is 5.05. The Bertz CT molecular complexity index is 3040. The van der Waals surface area contributed by atoms with Crippen LogP contribution in [0.4, 0.5) is 0 Å². The van der Waals surface area contributed by atoms with Crippen molar-refractivity contribution >= 4 is 66.7 Å². The molecule has 2 aliphatic rings. The highest BCUT2D eigenvalue weighted by Gasteiger charge is 2.41. The van der Waals surface area contributed by atoms with Crippen LogP contribution in [-0.4, -0.2) is 15.8 Å². The van der Waals surface area contributed by atoms with E-state index in [9.17, 15) is 0 Å². The Morgan fingerprint density at radius 1 is 0.368 bits per heavy atom. The van der Waals surface area contributed by atoms with Crippen molar-refractivity contribution in [3.8, 4) is 45.5 Å². The van der Waals surface area contributed by atoms with Crippen LogP contribution in [0.15, 0.2) is 152 Å². The smallest absolute Gasteiger partial charge is 0.260 e. The molecule has 0 fully saturated rings. The number of nitrogens with zero attached hydrogens (tertiary/aromatic N) is 2. The molecule has 10 aromatic rings. The van der Waals surface area contributed by atoms with Gasteiger partial charge in [0.25, 0.3) is 6.71 Å². The van der Waals surface area contributed by atoms with Gasteiger partial charge in [-0.15, -0.1) is 0 Å². The second-order valence-corrected chi connectivity index (χ2v) is 16.1. The maximum absolute atomic E-state index is 7.00. The third-order valence-electron chi connectivity index (χ3n) is 12.2. The third-order valence-corrected chi connectivity index (χ3v) is 12.2. The normalized spacial score (nSPS) is 12.8. The summed E-state index contributed by atoms with van der Waals surface area (Å²) >= 11 is 0. The Morgan fingerprint density at radius 3 is 1.18 bits per heavy atom. The van der Waals surface area contributed by atoms with Gasteiger partial charge in [0.1, 0.15) is 23.0 Å². The summed E-state index contributed by atoms with van der Waals surface area (Å²) in [7, 11) is 0. The zero-order valence-electron chi connectivity index (χ0n) is 32.2. The fourth-order valence-corrected chi connectivity index (χ4v) is 9.60. The van der Waals surface area contributed by atoms with Crippen LogP contribution in [0, 0.1) is 27.7 Å². The summed E-state index contributed by atoms with van der Waals surface area (Å²) in [5.74, 6) is 3.38. The van der Waals surface area contributed by atoms with Gasteiger partial charge in [-0.3, -0.25) is 0 Å². The van der Waals surface area contributed by atoms with Gasteiger partial charge in [0, 0.05) is 50.5 Å². The van der Waals surface area contributed by atoms with Crippen LogP contribution in [0.25, 0.3) is 66.1 Å². The molecule has 57 heavy (non-hydrogen) atoms. The van der Waals surface area contributed by atoms with Crippen LogP contribution in [0.3, 0.4) is 0 Å². The van der Waals surface area contributed by atoms with Gasteiger partial charge in [0.05, 0.1) is 22.1 Å². The monoisotopic (exact) mass is 732 g/mol. The van der Waals surface area contributed by atoms with E-state index in [0.717, 1.165) is 61.9 Å². The average Bonchev–Trinajstić information content (AvgIpc) is 3.71. The number of benzene rings is 8. The van der Waals surface area contributed by atoms with E-state index in [4.69, 9.17) is 9.47 Å². The van der Waals surface area contributed by atoms with E-state index in [1.807, 2.05) is 0 Å². The second kappa shape index (κ2) is 11.8. The van der Waals surface area contributed by atoms with Crippen molar-refractivity contribution in [1.29, 1.82) is 0 Å². The molecule has 0 N–H and O–H groups in total. The van der Waals surface area contributed by atoms with E-state index in [0.29, 0.717) is 0 Å². The molecule has 12 rings (SSSR count). The lowest BCUT2D eigenvalue weighted by Gasteiger charge is -2.34. The van der Waals surface area contributed by atoms with Gasteiger partial charge in [0.15, 0.2) is 0 Å². The quantitative estimate of drug-likeness (QED) is 0.169. The molecule has 8 aromatic carbocycles. The van der Waals surface area contributed by atoms with Crippen molar-refractivity contribution in [2.24, 2.45) is 0 Å². The number of hydrogen-bond acceptors (Lipinski definition) is 2. The Hall–Kier alpha value is -6.98. The predicted molar refractivity (Wildman–Crippen MR) is 237 cm³/mol. The molecule has 0 atom stereocenters. The first kappa shape index (κ1) is 32.3. The van der Waals surface area contributed by atoms with Crippen LogP contribution in [0.1, 0.15) is 22.3 Å². The molecule has 2 aliphatic heterocycles. The van der Waals surface area contributed by atoms with E-state index in [-0.39, 0.29) is 6.71 Å². The number of aryl methyl sites for hydroxylation is 4. The minimum Gasteiger partial charge on any atom is -0.458 e. The van der Waals surface area contributed by atoms with Crippen LogP contribution < -0.4 is 25.9 Å². The molecule has 4 nitrogen and oxygen atoms in total. The van der Waals surface area contributed by atoms with Gasteiger partial charge < -0.3 is 18.6 Å². The molecular weight excluding hydrogens is 695 g/mol. The lowest BCUT2D eigenvalue weighted by Crippen LogP contribution is -2.57. The van der Waals surface area contributed by atoms with Gasteiger partial charge in [-0.1, -0.05) is 89.0 Å². The SMILES string of the molecule is Cc1ccc2c(c1)c1cc(C)ccc1n2-c1ccc2c(c1)Oc1cc(-c3ccccc3)cc3c1B2c1ccc(-n2c4ccc(C)cc4c4cc(C)ccc42)cc1O3. The first-order valence-corrected chi connectivity index (χ1v) is 19.8. The standard InChI is InChI=1S/C52H37BN2O2/c1-30-10-18-44-38(22-30)39-23-31(2)11-19-45(39)54(44)36-14-16-42-48(28-36)56-50-26-35(34-8-6-5-7-9-34)27-51-52(50)53(42)43-17-15-37(29-49(43)57-51)55-46-20-12-32(3)24-40(46)41-25-33(4)13-21-47(41)55/h5-29H,1-4H3. The van der Waals surface area contributed by atoms with E-state index < -0.39 is 0 Å². The van der Waals surface area contributed by atoms with Gasteiger partial charge in [0.2, 0.25) is 0 Å². The van der Waals surface area contributed by atoms with E-state index in [1.54, 1.807) is 0 Å². The lowest BCUT2D eigenvalue weighted by atomic mass is 9.35. The molecule has 4 heterocycles. The minimum atomic E-state index is -0.0673. The number of fused-ring (bicyclic) bond motifs is 10. The predicted octanol–water partition coefficient (Wildman–Crippen LogP) is 11.5. The maximum atomic E-state index is 7.00. The van der Waals surface area contributed by atoms with Crippen LogP contribution in [0.2, 0.25) is 0 Å². The van der Waals surface area contributed by atoms with Gasteiger partial charge in [-0.25, -0.2) is 0 Å². The van der Waals surface area contributed by atoms with Gasteiger partial charge in [-0.2, -0.15) is 0 Å². The number of ether oxygens (including phenoxy) is 2. The highest BCUT2D eigenvalue weighted by Crippen LogP contribution is 2.41. The van der Waals surface area contributed by atoms with Crippen LogP contribution in [0.5, 0.6) is 23.0 Å². The van der Waals surface area contributed by atoms with Gasteiger partial charge in [-0.05, 0) is 123 Å². The molecule has 2 aromatic heterocycles. The van der Waals surface area contributed by atoms with Crippen molar-refractivity contribution in [3.05, 3.63) is 174 Å². The highest BCUT2D eigenvalue weighted by molar-refractivity contribution is 6.98. The van der Waals surface area contributed by atoms with Crippen molar-refractivity contribution < 1.29 is 9.47 Å². The Morgan fingerprint density at radius 2 is 0.772 bits per heavy atom. The van der Waals surface area contributed by atoms with Crippen LogP contribution >= 0.6 is 0 Å². The number of hydrogen-bond donors (Lipinski definition) is 0. The van der Waals surface area contributed by atoms with Crippen molar-refractivity contribution in [2.75, 3.05) is 0 Å². The fourth-order valence-electron chi connectivity index (χ4n) is 9.60. The summed E-state index contributed by atoms with van der Waals surface area (Å²) in [6.45, 7) is 8.60. The zero-order valence-corrected chi connectivity index (χ0v) is 32.2. The second-order valence-electron chi connectivity index (χ2n) is 16.1. The van der Waals surface area contributed by atoms with Crippen molar-refractivity contribution in [2.45, 2.75) is 27.7 Å². The molecule has 0 unspecified atom stereocenters. The lowest BCUT2D eigenvalue weighted by molar-refractivity contribution is 0.465. The molecule has 0 radical (unpaired) electrons. The summed E-state index contributed by atoms with van der Waals surface area (Å²) in [5.41, 5.74) is 17.4. The van der Waals surface area contributed by atoms with E-state index in [2.05, 4.69) is 188 Å². The molecule has 0 spiro atoms. The number of rotatable bonds is 3. The minimum absolute atomic E-state index is 0.0673. The van der Waals surface area contributed by atoms with Crippen molar-refractivity contribution in [1.82, 2.24) is 9.13 Å². The molecule has 0 aliphatic carbocycles. The summed E-state index contributed by atoms with van der Waals surface area (Å²) in [6, 6.07) is 55.5. The molecule has 270 valence electrons. The van der Waals surface area contributed by atoms with E-state index in [1.165, 1.54) is 65.9 Å². The summed E-state index contributed by atoms with van der Waals surface area (Å²) in [6.07, 6.45) is 0. The average molecular weight is 733 g/mol. The molecule has 5 heteroatoms.